The van der Waals surface area contributed by atoms with Gasteiger partial charge in [-0.05, 0) is 25.0 Å². The summed E-state index contributed by atoms with van der Waals surface area (Å²) in [6.45, 7) is 5.52. The van der Waals surface area contributed by atoms with Gasteiger partial charge in [0.2, 0.25) is 5.91 Å². The molecule has 2 N–H and O–H groups in total. The number of aryl methyl sites for hydroxylation is 1. The fourth-order valence-corrected chi connectivity index (χ4v) is 2.37. The lowest BCUT2D eigenvalue weighted by molar-refractivity contribution is -0.143. The molecule has 0 aliphatic rings. The molecular formula is C12H17NO3S. The molecule has 0 aliphatic heterocycles. The third-order valence-corrected chi connectivity index (χ3v) is 3.38. The molecule has 4 nitrogen and oxygen atoms in total. The molecule has 0 aliphatic carbocycles. The Morgan fingerprint density at radius 2 is 2.06 bits per heavy atom. The summed E-state index contributed by atoms with van der Waals surface area (Å²) >= 11 is 1.55. The number of aliphatic carboxylic acids is 1. The van der Waals surface area contributed by atoms with Crippen molar-refractivity contribution in [3.63, 3.8) is 0 Å². The Morgan fingerprint density at radius 1 is 1.41 bits per heavy atom. The largest absolute Gasteiger partial charge is 0.480 e. The van der Waals surface area contributed by atoms with Crippen molar-refractivity contribution in [2.24, 2.45) is 5.92 Å². The van der Waals surface area contributed by atoms with Crippen molar-refractivity contribution in [2.75, 3.05) is 0 Å². The number of carbonyl (C=O) groups is 2. The standard InChI is InChI=1S/C12H17NO3S/c1-7(2)11(12(15)16)13-10(14)6-9-5-4-8(3)17-9/h4-5,7,11H,6H2,1-3H3,(H,13,14)(H,15,16)/t11-/m1/s1. The first kappa shape index (κ1) is 13.7. The lowest BCUT2D eigenvalue weighted by atomic mass is 10.0. The zero-order chi connectivity index (χ0) is 13.0. The van der Waals surface area contributed by atoms with Gasteiger partial charge in [-0.1, -0.05) is 13.8 Å². The Kier molecular flexibility index (Phi) is 4.69. The Balaban J connectivity index is 2.56. The monoisotopic (exact) mass is 255 g/mol. The minimum atomic E-state index is -0.990. The number of hydrogen-bond donors (Lipinski definition) is 2. The molecule has 0 radical (unpaired) electrons. The van der Waals surface area contributed by atoms with Crippen LogP contribution in [0.4, 0.5) is 0 Å². The second-order valence-corrected chi connectivity index (χ2v) is 5.69. The summed E-state index contributed by atoms with van der Waals surface area (Å²) in [6.07, 6.45) is 0.245. The van der Waals surface area contributed by atoms with Gasteiger partial charge in [0.1, 0.15) is 6.04 Å². The number of amides is 1. The molecule has 0 spiro atoms. The molecule has 1 aromatic heterocycles. The molecule has 1 rings (SSSR count). The number of rotatable bonds is 5. The number of hydrogen-bond acceptors (Lipinski definition) is 3. The molecule has 1 atom stereocenters. The molecule has 17 heavy (non-hydrogen) atoms. The number of carboxylic acid groups (broad SMARTS) is 1. The van der Waals surface area contributed by atoms with E-state index in [1.54, 1.807) is 25.2 Å². The average Bonchev–Trinajstić information content (AvgIpc) is 2.59. The van der Waals surface area contributed by atoms with Crippen LogP contribution in [0.15, 0.2) is 12.1 Å². The minimum Gasteiger partial charge on any atom is -0.480 e. The summed E-state index contributed by atoms with van der Waals surface area (Å²) in [7, 11) is 0. The Labute approximate surface area is 105 Å². The van der Waals surface area contributed by atoms with Crippen LogP contribution in [0.1, 0.15) is 23.6 Å². The first-order chi connectivity index (χ1) is 7.90. The van der Waals surface area contributed by atoms with E-state index in [9.17, 15) is 9.59 Å². The van der Waals surface area contributed by atoms with Crippen LogP contribution in [-0.4, -0.2) is 23.0 Å². The van der Waals surface area contributed by atoms with E-state index in [0.717, 1.165) is 9.75 Å². The highest BCUT2D eigenvalue weighted by Gasteiger charge is 2.23. The number of nitrogens with one attached hydrogen (secondary N) is 1. The minimum absolute atomic E-state index is 0.124. The Morgan fingerprint density at radius 3 is 2.47 bits per heavy atom. The van der Waals surface area contributed by atoms with Crippen LogP contribution in [0.3, 0.4) is 0 Å². The van der Waals surface area contributed by atoms with E-state index in [0.29, 0.717) is 0 Å². The predicted octanol–water partition coefficient (Wildman–Crippen LogP) is 1.82. The third-order valence-electron chi connectivity index (χ3n) is 2.38. The molecule has 0 saturated carbocycles. The van der Waals surface area contributed by atoms with Crippen molar-refractivity contribution in [1.82, 2.24) is 5.32 Å². The number of thiophene rings is 1. The van der Waals surface area contributed by atoms with Gasteiger partial charge in [0.05, 0.1) is 6.42 Å². The van der Waals surface area contributed by atoms with Gasteiger partial charge in [0, 0.05) is 9.75 Å². The molecule has 0 aromatic carbocycles. The summed E-state index contributed by atoms with van der Waals surface area (Å²) in [6, 6.07) is 3.03. The molecular weight excluding hydrogens is 238 g/mol. The summed E-state index contributed by atoms with van der Waals surface area (Å²) in [5, 5.41) is 11.5. The Hall–Kier alpha value is -1.36. The number of carbonyl (C=O) groups excluding carboxylic acids is 1. The molecule has 1 amide bonds. The summed E-state index contributed by atoms with van der Waals surface area (Å²) in [5.74, 6) is -1.36. The molecule has 0 fully saturated rings. The maximum Gasteiger partial charge on any atom is 0.326 e. The van der Waals surface area contributed by atoms with Crippen LogP contribution >= 0.6 is 11.3 Å². The van der Waals surface area contributed by atoms with Gasteiger partial charge in [0.25, 0.3) is 0 Å². The Bertz CT molecular complexity index is 412. The van der Waals surface area contributed by atoms with Gasteiger partial charge in [0.15, 0.2) is 0 Å². The van der Waals surface area contributed by atoms with E-state index in [1.165, 1.54) is 0 Å². The van der Waals surface area contributed by atoms with Crippen molar-refractivity contribution in [1.29, 1.82) is 0 Å². The molecule has 0 saturated heterocycles. The molecule has 0 bridgehead atoms. The first-order valence-electron chi connectivity index (χ1n) is 5.47. The zero-order valence-electron chi connectivity index (χ0n) is 10.2. The van der Waals surface area contributed by atoms with Gasteiger partial charge >= 0.3 is 5.97 Å². The van der Waals surface area contributed by atoms with Crippen molar-refractivity contribution in [3.8, 4) is 0 Å². The lowest BCUT2D eigenvalue weighted by Gasteiger charge is -2.17. The summed E-state index contributed by atoms with van der Waals surface area (Å²) in [5.41, 5.74) is 0. The molecule has 1 aromatic rings. The van der Waals surface area contributed by atoms with Gasteiger partial charge in [-0.3, -0.25) is 4.79 Å². The molecule has 0 unspecified atom stereocenters. The SMILES string of the molecule is Cc1ccc(CC(=O)N[C@@H](C(=O)O)C(C)C)s1. The highest BCUT2D eigenvalue weighted by molar-refractivity contribution is 7.12. The zero-order valence-corrected chi connectivity index (χ0v) is 11.0. The smallest absolute Gasteiger partial charge is 0.326 e. The second-order valence-electron chi connectivity index (χ2n) is 4.32. The summed E-state index contributed by atoms with van der Waals surface area (Å²) < 4.78 is 0. The fraction of sp³-hybridized carbons (Fsp3) is 0.500. The average molecular weight is 255 g/mol. The highest BCUT2D eigenvalue weighted by Crippen LogP contribution is 2.15. The van der Waals surface area contributed by atoms with E-state index < -0.39 is 12.0 Å². The third kappa shape index (κ3) is 4.19. The van der Waals surface area contributed by atoms with E-state index in [2.05, 4.69) is 5.32 Å². The van der Waals surface area contributed by atoms with E-state index in [1.807, 2.05) is 19.1 Å². The van der Waals surface area contributed by atoms with Crippen molar-refractivity contribution in [2.45, 2.75) is 33.2 Å². The quantitative estimate of drug-likeness (QED) is 0.843. The topological polar surface area (TPSA) is 66.4 Å². The van der Waals surface area contributed by atoms with E-state index in [-0.39, 0.29) is 18.2 Å². The van der Waals surface area contributed by atoms with Crippen LogP contribution in [0, 0.1) is 12.8 Å². The lowest BCUT2D eigenvalue weighted by Crippen LogP contribution is -2.44. The fourth-order valence-electron chi connectivity index (χ4n) is 1.48. The molecule has 1 heterocycles. The second kappa shape index (κ2) is 5.82. The first-order valence-corrected chi connectivity index (χ1v) is 6.29. The van der Waals surface area contributed by atoms with Crippen LogP contribution in [0.2, 0.25) is 0 Å². The van der Waals surface area contributed by atoms with Crippen LogP contribution in [0.5, 0.6) is 0 Å². The predicted molar refractivity (Wildman–Crippen MR) is 67.2 cm³/mol. The highest BCUT2D eigenvalue weighted by atomic mass is 32.1. The van der Waals surface area contributed by atoms with Crippen molar-refractivity contribution < 1.29 is 14.7 Å². The normalized spacial score (nSPS) is 12.5. The van der Waals surface area contributed by atoms with Crippen LogP contribution in [-0.2, 0) is 16.0 Å². The molecule has 5 heteroatoms. The van der Waals surface area contributed by atoms with E-state index >= 15 is 0 Å². The maximum absolute atomic E-state index is 11.7. The van der Waals surface area contributed by atoms with Gasteiger partial charge in [-0.2, -0.15) is 0 Å². The maximum atomic E-state index is 11.7. The summed E-state index contributed by atoms with van der Waals surface area (Å²) in [4.78, 5) is 24.7. The van der Waals surface area contributed by atoms with Crippen LogP contribution < -0.4 is 5.32 Å². The molecule has 94 valence electrons. The van der Waals surface area contributed by atoms with Gasteiger partial charge in [-0.25, -0.2) is 4.79 Å². The van der Waals surface area contributed by atoms with Gasteiger partial charge in [-0.15, -0.1) is 11.3 Å². The van der Waals surface area contributed by atoms with Crippen LogP contribution in [0.25, 0.3) is 0 Å². The number of carboxylic acids is 1. The van der Waals surface area contributed by atoms with Gasteiger partial charge < -0.3 is 10.4 Å². The van der Waals surface area contributed by atoms with Crippen molar-refractivity contribution >= 4 is 23.2 Å². The van der Waals surface area contributed by atoms with Crippen molar-refractivity contribution in [3.05, 3.63) is 21.9 Å². The van der Waals surface area contributed by atoms with E-state index in [4.69, 9.17) is 5.11 Å².